The molecule has 0 radical (unpaired) electrons. The van der Waals surface area contributed by atoms with Crippen LogP contribution in [-0.4, -0.2) is 61.0 Å². The highest BCUT2D eigenvalue weighted by molar-refractivity contribution is 6.76. The van der Waals surface area contributed by atoms with E-state index in [4.69, 9.17) is 23.7 Å². The quantitative estimate of drug-likeness (QED) is 0.119. The monoisotopic (exact) mass is 639 g/mol. The lowest BCUT2D eigenvalue weighted by Gasteiger charge is -2.16. The first-order valence-electron chi connectivity index (χ1n) is 16.1. The van der Waals surface area contributed by atoms with E-state index in [0.717, 1.165) is 30.6 Å². The first kappa shape index (κ1) is 27.2. The number of halogens is 3. The van der Waals surface area contributed by atoms with Crippen molar-refractivity contribution >= 4 is 19.1 Å². The van der Waals surface area contributed by atoms with Gasteiger partial charge in [-0.15, -0.1) is 0 Å². The summed E-state index contributed by atoms with van der Waals surface area (Å²) in [5.41, 5.74) is 3.15. The van der Waals surface area contributed by atoms with Crippen LogP contribution in [0.5, 0.6) is 5.88 Å². The van der Waals surface area contributed by atoms with Crippen LogP contribution in [0, 0.1) is 0 Å². The molecule has 0 atom stereocenters. The van der Waals surface area contributed by atoms with Crippen LogP contribution in [0.2, 0.25) is 25.7 Å². The first-order chi connectivity index (χ1) is 22.6. The third kappa shape index (κ3) is 6.76. The summed E-state index contributed by atoms with van der Waals surface area (Å²) in [6.07, 6.45) is 1.43. The molecule has 0 amide bonds. The average Bonchev–Trinajstić information content (AvgIpc) is 3.68. The van der Waals surface area contributed by atoms with E-state index in [1.807, 2.05) is 12.1 Å². The summed E-state index contributed by atoms with van der Waals surface area (Å²) in [4.78, 5) is 21.8. The van der Waals surface area contributed by atoms with E-state index in [0.29, 0.717) is 46.6 Å². The molecule has 1 aliphatic carbocycles. The van der Waals surface area contributed by atoms with Crippen molar-refractivity contribution in [3.8, 4) is 28.7 Å². The molecule has 1 aliphatic rings. The molecule has 1 saturated carbocycles. The van der Waals surface area contributed by atoms with Gasteiger partial charge in [-0.2, -0.15) is 18.3 Å². The van der Waals surface area contributed by atoms with Gasteiger partial charge in [0.05, 0.1) is 28.7 Å². The smallest absolute Gasteiger partial charge is 0.434 e. The number of hydrogen-bond donors (Lipinski definition) is 0. The summed E-state index contributed by atoms with van der Waals surface area (Å²) in [7, 11) is -2.55. The van der Waals surface area contributed by atoms with Gasteiger partial charge in [0, 0.05) is 45.8 Å². The standard InChI is InChI=1S/C31H35F3N8O2Si/c1-41-16-24(31(32,33)34)38-29(41)21-8-6-19(7-9-21)14-23-27-22(40-42(23)18-44-12-13-45(3,4)5)15-35-28(39-27)25-26(20-10-11-20)36-17-37-30(25)43-2/h6-9,15-17,20H,10-14,18H2,1-5H3/i2D3. The summed E-state index contributed by atoms with van der Waals surface area (Å²) in [5.74, 6) is 0.417. The van der Waals surface area contributed by atoms with Gasteiger partial charge < -0.3 is 14.0 Å². The number of imidazole rings is 1. The van der Waals surface area contributed by atoms with E-state index in [9.17, 15) is 13.2 Å². The molecular weight excluding hydrogens is 601 g/mol. The highest BCUT2D eigenvalue weighted by Gasteiger charge is 2.35. The fourth-order valence-electron chi connectivity index (χ4n) is 5.08. The van der Waals surface area contributed by atoms with Gasteiger partial charge in [-0.05, 0) is 24.4 Å². The maximum Gasteiger partial charge on any atom is 0.434 e. The van der Waals surface area contributed by atoms with Crippen molar-refractivity contribution in [3.63, 3.8) is 0 Å². The first-order valence-corrected chi connectivity index (χ1v) is 18.3. The maximum absolute atomic E-state index is 13.3. The van der Waals surface area contributed by atoms with Crippen LogP contribution in [-0.2, 0) is 31.1 Å². The topological polar surface area (TPSA) is 106 Å². The van der Waals surface area contributed by atoms with Crippen LogP contribution in [0.25, 0.3) is 33.8 Å². The number of alkyl halides is 3. The number of benzene rings is 1. The number of ether oxygens (including phenoxy) is 2. The summed E-state index contributed by atoms with van der Waals surface area (Å²) >= 11 is 0. The Labute approximate surface area is 263 Å². The van der Waals surface area contributed by atoms with Gasteiger partial charge in [0.25, 0.3) is 0 Å². The van der Waals surface area contributed by atoms with Gasteiger partial charge in [0.1, 0.15) is 35.5 Å². The number of aromatic nitrogens is 8. The van der Waals surface area contributed by atoms with Gasteiger partial charge in [-0.1, -0.05) is 43.9 Å². The Balaban J connectivity index is 1.38. The van der Waals surface area contributed by atoms with Crippen LogP contribution in [0.3, 0.4) is 0 Å². The molecule has 4 aromatic heterocycles. The van der Waals surface area contributed by atoms with Crippen molar-refractivity contribution in [2.75, 3.05) is 13.6 Å². The molecule has 14 heteroatoms. The predicted octanol–water partition coefficient (Wildman–Crippen LogP) is 6.49. The van der Waals surface area contributed by atoms with Crippen LogP contribution < -0.4 is 4.74 Å². The molecule has 0 saturated heterocycles. The summed E-state index contributed by atoms with van der Waals surface area (Å²) in [5, 5.41) is 4.74. The molecule has 0 aliphatic heterocycles. The predicted molar refractivity (Wildman–Crippen MR) is 165 cm³/mol. The Kier molecular flexibility index (Phi) is 7.22. The van der Waals surface area contributed by atoms with Gasteiger partial charge in [0.15, 0.2) is 11.5 Å². The van der Waals surface area contributed by atoms with E-state index in [1.165, 1.54) is 17.9 Å². The molecule has 1 aromatic carbocycles. The Morgan fingerprint density at radius 3 is 2.51 bits per heavy atom. The second-order valence-electron chi connectivity index (χ2n) is 12.5. The molecule has 45 heavy (non-hydrogen) atoms. The molecule has 5 aromatic rings. The number of rotatable bonds is 11. The third-order valence-corrected chi connectivity index (χ3v) is 9.37. The fraction of sp³-hybridized carbons (Fsp3) is 0.419. The zero-order valence-electron chi connectivity index (χ0n) is 28.4. The minimum absolute atomic E-state index is 0.117. The van der Waals surface area contributed by atoms with Crippen molar-refractivity contribution in [1.29, 1.82) is 0 Å². The molecule has 0 N–H and O–H groups in total. The summed E-state index contributed by atoms with van der Waals surface area (Å²) in [6, 6.07) is 8.09. The van der Waals surface area contributed by atoms with Crippen molar-refractivity contribution < 1.29 is 26.8 Å². The summed E-state index contributed by atoms with van der Waals surface area (Å²) in [6.45, 7) is 7.56. The fourth-order valence-corrected chi connectivity index (χ4v) is 5.83. The zero-order chi connectivity index (χ0) is 34.4. The third-order valence-electron chi connectivity index (χ3n) is 7.67. The Morgan fingerprint density at radius 1 is 1.07 bits per heavy atom. The number of hydrogen-bond acceptors (Lipinski definition) is 8. The summed E-state index contributed by atoms with van der Waals surface area (Å²) < 4.78 is 77.2. The van der Waals surface area contributed by atoms with E-state index >= 15 is 0 Å². The van der Waals surface area contributed by atoms with Crippen LogP contribution >= 0.6 is 0 Å². The molecule has 236 valence electrons. The number of aryl methyl sites for hydroxylation is 1. The van der Waals surface area contributed by atoms with Crippen molar-refractivity contribution in [2.45, 2.75) is 63.8 Å². The van der Waals surface area contributed by atoms with Crippen molar-refractivity contribution in [1.82, 2.24) is 39.3 Å². The Morgan fingerprint density at radius 2 is 1.84 bits per heavy atom. The SMILES string of the molecule is [2H]C([2H])([2H])Oc1ncnc(C2CC2)c1-c1ncc2nn(COCC[Si](C)(C)C)c(Cc3ccc(-c4nc(C(F)(F)F)cn4C)cc3)c2n1. The van der Waals surface area contributed by atoms with Gasteiger partial charge in [-0.25, -0.2) is 29.6 Å². The second kappa shape index (κ2) is 12.0. The van der Waals surface area contributed by atoms with Crippen LogP contribution in [0.1, 0.15) is 45.5 Å². The Bertz CT molecular complexity index is 1940. The second-order valence-corrected chi connectivity index (χ2v) is 18.1. The highest BCUT2D eigenvalue weighted by atomic mass is 28.3. The highest BCUT2D eigenvalue weighted by Crippen LogP contribution is 2.45. The van der Waals surface area contributed by atoms with Crippen LogP contribution in [0.15, 0.2) is 43.0 Å². The zero-order valence-corrected chi connectivity index (χ0v) is 26.4. The van der Waals surface area contributed by atoms with Crippen molar-refractivity contribution in [2.24, 2.45) is 7.05 Å². The molecular formula is C31H35F3N8O2Si. The Hall–Kier alpha value is -4.17. The lowest BCUT2D eigenvalue weighted by molar-refractivity contribution is -0.140. The number of methoxy groups -OCH3 is 1. The van der Waals surface area contributed by atoms with E-state index < -0.39 is 27.0 Å². The number of fused-ring (bicyclic) bond motifs is 1. The molecule has 0 bridgehead atoms. The largest absolute Gasteiger partial charge is 0.480 e. The van der Waals surface area contributed by atoms with Crippen molar-refractivity contribution in [3.05, 3.63) is 65.6 Å². The molecule has 0 unspecified atom stereocenters. The van der Waals surface area contributed by atoms with E-state index in [-0.39, 0.29) is 30.2 Å². The van der Waals surface area contributed by atoms with Gasteiger partial charge in [-0.3, -0.25) is 0 Å². The average molecular weight is 640 g/mol. The van der Waals surface area contributed by atoms with E-state index in [1.54, 1.807) is 23.0 Å². The minimum Gasteiger partial charge on any atom is -0.480 e. The van der Waals surface area contributed by atoms with Gasteiger partial charge >= 0.3 is 6.18 Å². The molecule has 4 heterocycles. The molecule has 1 fully saturated rings. The van der Waals surface area contributed by atoms with Crippen LogP contribution in [0.4, 0.5) is 13.2 Å². The normalized spacial score (nSPS) is 15.2. The van der Waals surface area contributed by atoms with E-state index in [2.05, 4.69) is 39.6 Å². The lowest BCUT2D eigenvalue weighted by atomic mass is 10.1. The number of nitrogens with zero attached hydrogens (tertiary/aromatic N) is 8. The van der Waals surface area contributed by atoms with Gasteiger partial charge in [0.2, 0.25) is 5.88 Å². The molecule has 0 spiro atoms. The molecule has 6 rings (SSSR count). The lowest BCUT2D eigenvalue weighted by Crippen LogP contribution is -2.22. The molecule has 10 nitrogen and oxygen atoms in total. The minimum atomic E-state index is -4.54. The maximum atomic E-state index is 13.3.